The van der Waals surface area contributed by atoms with Gasteiger partial charge in [-0.05, 0) is 25.3 Å². The topological polar surface area (TPSA) is 108 Å². The lowest BCUT2D eigenvalue weighted by molar-refractivity contribution is -0.143. The summed E-state index contributed by atoms with van der Waals surface area (Å²) in [7, 11) is 0. The quantitative estimate of drug-likeness (QED) is 0.503. The maximum atomic E-state index is 11.7. The number of aliphatic carboxylic acids is 1. The van der Waals surface area contributed by atoms with Crippen molar-refractivity contribution in [1.82, 2.24) is 16.0 Å². The third-order valence-electron chi connectivity index (χ3n) is 3.60. The molecule has 0 aromatic carbocycles. The van der Waals surface area contributed by atoms with Crippen LogP contribution in [-0.4, -0.2) is 48.1 Å². The highest BCUT2D eigenvalue weighted by atomic mass is 16.4. The van der Waals surface area contributed by atoms with Gasteiger partial charge >= 0.3 is 5.97 Å². The van der Waals surface area contributed by atoms with Crippen molar-refractivity contribution in [3.05, 3.63) is 0 Å². The summed E-state index contributed by atoms with van der Waals surface area (Å²) in [6.07, 6.45) is 2.35. The third-order valence-corrected chi connectivity index (χ3v) is 3.60. The van der Waals surface area contributed by atoms with Gasteiger partial charge in [0.05, 0.1) is 12.6 Å². The molecule has 7 nitrogen and oxygen atoms in total. The van der Waals surface area contributed by atoms with Crippen molar-refractivity contribution in [3.8, 4) is 0 Å². The van der Waals surface area contributed by atoms with Crippen molar-refractivity contribution in [3.63, 3.8) is 0 Å². The Kier molecular flexibility index (Phi) is 6.44. The summed E-state index contributed by atoms with van der Waals surface area (Å²) in [5.74, 6) is -1.92. The van der Waals surface area contributed by atoms with Gasteiger partial charge in [0.15, 0.2) is 0 Å². The van der Waals surface area contributed by atoms with Crippen LogP contribution < -0.4 is 16.0 Å². The van der Waals surface area contributed by atoms with E-state index in [0.29, 0.717) is 6.42 Å². The number of carboxylic acid groups (broad SMARTS) is 1. The summed E-state index contributed by atoms with van der Waals surface area (Å²) < 4.78 is 0. The zero-order valence-corrected chi connectivity index (χ0v) is 11.9. The van der Waals surface area contributed by atoms with Crippen LogP contribution in [0, 0.1) is 5.92 Å². The molecule has 1 aliphatic rings. The normalized spacial score (nSPS) is 21.0. The summed E-state index contributed by atoms with van der Waals surface area (Å²) in [5.41, 5.74) is 0. The smallest absolute Gasteiger partial charge is 0.326 e. The van der Waals surface area contributed by atoms with Crippen LogP contribution >= 0.6 is 0 Å². The van der Waals surface area contributed by atoms with Crippen molar-refractivity contribution in [2.24, 2.45) is 5.92 Å². The first-order chi connectivity index (χ1) is 9.45. The van der Waals surface area contributed by atoms with Crippen molar-refractivity contribution >= 4 is 17.8 Å². The average molecular weight is 285 g/mol. The molecule has 3 atom stereocenters. The van der Waals surface area contributed by atoms with E-state index in [-0.39, 0.29) is 24.4 Å². The molecular formula is C13H23N3O4. The van der Waals surface area contributed by atoms with Crippen molar-refractivity contribution in [2.45, 2.75) is 45.2 Å². The van der Waals surface area contributed by atoms with E-state index in [1.165, 1.54) is 0 Å². The first kappa shape index (κ1) is 16.4. The fourth-order valence-electron chi connectivity index (χ4n) is 2.11. The lowest BCUT2D eigenvalue weighted by Gasteiger charge is -2.20. The second-order valence-electron chi connectivity index (χ2n) is 5.14. The molecule has 4 N–H and O–H groups in total. The molecule has 0 aromatic rings. The van der Waals surface area contributed by atoms with Gasteiger partial charge in [-0.2, -0.15) is 0 Å². The number of carboxylic acids is 1. The molecule has 0 spiro atoms. The Morgan fingerprint density at radius 3 is 2.60 bits per heavy atom. The summed E-state index contributed by atoms with van der Waals surface area (Å²) in [5, 5.41) is 17.0. The number of hydrogen-bond donors (Lipinski definition) is 4. The summed E-state index contributed by atoms with van der Waals surface area (Å²) in [6.45, 7) is 4.23. The minimum Gasteiger partial charge on any atom is -0.480 e. The Bertz CT molecular complexity index is 367. The fourth-order valence-corrected chi connectivity index (χ4v) is 2.11. The number of nitrogens with one attached hydrogen (secondary N) is 3. The molecule has 114 valence electrons. The third kappa shape index (κ3) is 4.80. The van der Waals surface area contributed by atoms with E-state index >= 15 is 0 Å². The van der Waals surface area contributed by atoms with E-state index in [9.17, 15) is 14.4 Å². The Hall–Kier alpha value is -1.63. The molecule has 1 aliphatic heterocycles. The lowest BCUT2D eigenvalue weighted by atomic mass is 9.99. The number of rotatable bonds is 7. The largest absolute Gasteiger partial charge is 0.480 e. The van der Waals surface area contributed by atoms with Gasteiger partial charge in [-0.15, -0.1) is 0 Å². The zero-order chi connectivity index (χ0) is 15.1. The van der Waals surface area contributed by atoms with Crippen molar-refractivity contribution in [1.29, 1.82) is 0 Å². The van der Waals surface area contributed by atoms with Gasteiger partial charge < -0.3 is 21.1 Å². The Morgan fingerprint density at radius 2 is 2.10 bits per heavy atom. The van der Waals surface area contributed by atoms with Gasteiger partial charge in [-0.3, -0.25) is 9.59 Å². The van der Waals surface area contributed by atoms with Crippen LogP contribution in [0.15, 0.2) is 0 Å². The fraction of sp³-hybridized carbons (Fsp3) is 0.769. The Morgan fingerprint density at radius 1 is 1.40 bits per heavy atom. The molecule has 0 aliphatic carbocycles. The second-order valence-corrected chi connectivity index (χ2v) is 5.14. The van der Waals surface area contributed by atoms with Crippen LogP contribution in [-0.2, 0) is 14.4 Å². The van der Waals surface area contributed by atoms with Gasteiger partial charge in [-0.1, -0.05) is 20.3 Å². The summed E-state index contributed by atoms with van der Waals surface area (Å²) in [6, 6.07) is -1.17. The number of amides is 2. The highest BCUT2D eigenvalue weighted by Gasteiger charge is 2.26. The predicted molar refractivity (Wildman–Crippen MR) is 73.1 cm³/mol. The first-order valence-corrected chi connectivity index (χ1v) is 6.99. The maximum Gasteiger partial charge on any atom is 0.326 e. The van der Waals surface area contributed by atoms with Crippen LogP contribution in [0.3, 0.4) is 0 Å². The standard InChI is InChI=1S/C13H23N3O4/c1-3-8(2)11(13(19)20)16-10(17)7-15-12(18)9-5-4-6-14-9/h8-9,11,14H,3-7H2,1-2H3,(H,15,18)(H,16,17)(H,19,20). The lowest BCUT2D eigenvalue weighted by Crippen LogP contribution is -2.50. The molecule has 0 aromatic heterocycles. The number of hydrogen-bond acceptors (Lipinski definition) is 4. The van der Waals surface area contributed by atoms with E-state index in [1.54, 1.807) is 6.92 Å². The monoisotopic (exact) mass is 285 g/mol. The maximum absolute atomic E-state index is 11.7. The van der Waals surface area contributed by atoms with Crippen molar-refractivity contribution < 1.29 is 19.5 Å². The van der Waals surface area contributed by atoms with Gasteiger partial charge in [0.25, 0.3) is 0 Å². The summed E-state index contributed by atoms with van der Waals surface area (Å²) >= 11 is 0. The molecule has 3 unspecified atom stereocenters. The molecule has 1 fully saturated rings. The number of carbonyl (C=O) groups excluding carboxylic acids is 2. The molecule has 1 heterocycles. The van der Waals surface area contributed by atoms with E-state index < -0.39 is 17.9 Å². The Labute approximate surface area is 118 Å². The molecule has 0 saturated carbocycles. The average Bonchev–Trinajstić information content (AvgIpc) is 2.95. The predicted octanol–water partition coefficient (Wildman–Crippen LogP) is -0.530. The molecule has 0 radical (unpaired) electrons. The molecule has 1 saturated heterocycles. The highest BCUT2D eigenvalue weighted by molar-refractivity contribution is 5.89. The first-order valence-electron chi connectivity index (χ1n) is 6.99. The molecule has 0 bridgehead atoms. The van der Waals surface area contributed by atoms with Gasteiger partial charge in [0.1, 0.15) is 6.04 Å². The molecule has 1 rings (SSSR count). The second kappa shape index (κ2) is 7.84. The zero-order valence-electron chi connectivity index (χ0n) is 11.9. The minimum atomic E-state index is -1.06. The Balaban J connectivity index is 2.37. The van der Waals surface area contributed by atoms with E-state index in [1.807, 2.05) is 6.92 Å². The summed E-state index contributed by atoms with van der Waals surface area (Å²) in [4.78, 5) is 34.4. The molecule has 2 amide bonds. The van der Waals surface area contributed by atoms with Crippen LogP contribution in [0.2, 0.25) is 0 Å². The minimum absolute atomic E-state index is 0.163. The van der Waals surface area contributed by atoms with E-state index in [0.717, 1.165) is 19.4 Å². The van der Waals surface area contributed by atoms with Gasteiger partial charge in [0.2, 0.25) is 11.8 Å². The van der Waals surface area contributed by atoms with Crippen LogP contribution in [0.4, 0.5) is 0 Å². The van der Waals surface area contributed by atoms with E-state index in [4.69, 9.17) is 5.11 Å². The highest BCUT2D eigenvalue weighted by Crippen LogP contribution is 2.07. The van der Waals surface area contributed by atoms with Gasteiger partial charge in [0, 0.05) is 0 Å². The van der Waals surface area contributed by atoms with Crippen molar-refractivity contribution in [2.75, 3.05) is 13.1 Å². The SMILES string of the molecule is CCC(C)C(NC(=O)CNC(=O)C1CCCN1)C(=O)O. The molecule has 7 heteroatoms. The molecule has 20 heavy (non-hydrogen) atoms. The molecular weight excluding hydrogens is 262 g/mol. The van der Waals surface area contributed by atoms with Crippen LogP contribution in [0.5, 0.6) is 0 Å². The van der Waals surface area contributed by atoms with Crippen LogP contribution in [0.1, 0.15) is 33.1 Å². The van der Waals surface area contributed by atoms with E-state index in [2.05, 4.69) is 16.0 Å². The van der Waals surface area contributed by atoms with Crippen LogP contribution in [0.25, 0.3) is 0 Å². The van der Waals surface area contributed by atoms with Gasteiger partial charge in [-0.25, -0.2) is 4.79 Å². The number of carbonyl (C=O) groups is 3.